The third kappa shape index (κ3) is 7.62. The van der Waals surface area contributed by atoms with Gasteiger partial charge in [0.2, 0.25) is 0 Å². The Kier molecular flexibility index (Phi) is 10.3. The zero-order valence-corrected chi connectivity index (χ0v) is 14.7. The van der Waals surface area contributed by atoms with Gasteiger partial charge in [0.1, 0.15) is 0 Å². The van der Waals surface area contributed by atoms with E-state index < -0.39 is 0 Å². The molecule has 0 aromatic rings. The Bertz CT molecular complexity index is 245. The Hall–Kier alpha value is -0.120. The molecule has 1 aliphatic rings. The fourth-order valence-corrected chi connectivity index (χ4v) is 3.47. The average molecular weight is 299 g/mol. The molecule has 3 atom stereocenters. The van der Waals surface area contributed by atoms with Crippen LogP contribution in [0.4, 0.5) is 0 Å². The maximum absolute atomic E-state index is 5.78. The van der Waals surface area contributed by atoms with Gasteiger partial charge in [0, 0.05) is 33.0 Å². The van der Waals surface area contributed by atoms with Crippen molar-refractivity contribution in [3.05, 3.63) is 0 Å². The molecule has 0 aromatic heterocycles. The van der Waals surface area contributed by atoms with Crippen molar-refractivity contribution in [3.8, 4) is 0 Å². The van der Waals surface area contributed by atoms with Gasteiger partial charge in [-0.05, 0) is 62.8 Å². The molecule has 3 nitrogen and oxygen atoms in total. The van der Waals surface area contributed by atoms with Crippen LogP contribution in [0.15, 0.2) is 0 Å². The second kappa shape index (κ2) is 11.4. The van der Waals surface area contributed by atoms with E-state index in [2.05, 4.69) is 26.1 Å². The molecular formula is C18H37NO2. The molecular weight excluding hydrogens is 262 g/mol. The minimum Gasteiger partial charge on any atom is -0.385 e. The van der Waals surface area contributed by atoms with Crippen molar-refractivity contribution in [1.82, 2.24) is 5.32 Å². The summed E-state index contributed by atoms with van der Waals surface area (Å²) >= 11 is 0. The first-order chi connectivity index (χ1) is 10.2. The van der Waals surface area contributed by atoms with Crippen LogP contribution in [0.1, 0.15) is 59.3 Å². The highest BCUT2D eigenvalue weighted by Crippen LogP contribution is 2.35. The van der Waals surface area contributed by atoms with Gasteiger partial charge >= 0.3 is 0 Å². The van der Waals surface area contributed by atoms with E-state index in [1.54, 1.807) is 7.11 Å². The lowest BCUT2D eigenvalue weighted by atomic mass is 9.72. The van der Waals surface area contributed by atoms with Crippen molar-refractivity contribution in [1.29, 1.82) is 0 Å². The van der Waals surface area contributed by atoms with Gasteiger partial charge in [-0.3, -0.25) is 0 Å². The molecule has 1 aliphatic carbocycles. The molecule has 21 heavy (non-hydrogen) atoms. The Morgan fingerprint density at radius 2 is 1.95 bits per heavy atom. The monoisotopic (exact) mass is 299 g/mol. The quantitative estimate of drug-likeness (QED) is 0.587. The second-order valence-corrected chi connectivity index (χ2v) is 6.89. The van der Waals surface area contributed by atoms with Crippen molar-refractivity contribution in [3.63, 3.8) is 0 Å². The lowest BCUT2D eigenvalue weighted by Crippen LogP contribution is -2.42. The molecule has 0 amide bonds. The molecule has 1 fully saturated rings. The molecule has 3 heteroatoms. The number of hydrogen-bond donors (Lipinski definition) is 1. The van der Waals surface area contributed by atoms with Crippen LogP contribution in [0.5, 0.6) is 0 Å². The zero-order chi connectivity index (χ0) is 15.5. The van der Waals surface area contributed by atoms with Crippen LogP contribution >= 0.6 is 0 Å². The smallest absolute Gasteiger partial charge is 0.0487 e. The molecule has 0 saturated heterocycles. The van der Waals surface area contributed by atoms with E-state index in [9.17, 15) is 0 Å². The van der Waals surface area contributed by atoms with Crippen molar-refractivity contribution in [2.75, 3.05) is 33.5 Å². The number of ether oxygens (including phenoxy) is 2. The molecule has 0 radical (unpaired) electrons. The van der Waals surface area contributed by atoms with Gasteiger partial charge < -0.3 is 14.8 Å². The molecule has 1 N–H and O–H groups in total. The Morgan fingerprint density at radius 3 is 2.62 bits per heavy atom. The van der Waals surface area contributed by atoms with Crippen molar-refractivity contribution >= 4 is 0 Å². The highest BCUT2D eigenvalue weighted by molar-refractivity contribution is 4.85. The van der Waals surface area contributed by atoms with Crippen LogP contribution in [0, 0.1) is 17.8 Å². The lowest BCUT2D eigenvalue weighted by Gasteiger charge is -2.38. The third-order valence-electron chi connectivity index (χ3n) is 4.89. The van der Waals surface area contributed by atoms with E-state index >= 15 is 0 Å². The van der Waals surface area contributed by atoms with Crippen molar-refractivity contribution < 1.29 is 9.47 Å². The molecule has 3 unspecified atom stereocenters. The summed E-state index contributed by atoms with van der Waals surface area (Å²) in [4.78, 5) is 0. The minimum absolute atomic E-state index is 0.711. The van der Waals surface area contributed by atoms with Gasteiger partial charge in [-0.2, -0.15) is 0 Å². The maximum Gasteiger partial charge on any atom is 0.0487 e. The highest BCUT2D eigenvalue weighted by Gasteiger charge is 2.31. The van der Waals surface area contributed by atoms with Gasteiger partial charge in [-0.1, -0.05) is 20.8 Å². The van der Waals surface area contributed by atoms with Crippen molar-refractivity contribution in [2.24, 2.45) is 17.8 Å². The van der Waals surface area contributed by atoms with Crippen LogP contribution in [0.3, 0.4) is 0 Å². The maximum atomic E-state index is 5.78. The number of hydrogen-bond acceptors (Lipinski definition) is 3. The molecule has 0 aliphatic heterocycles. The summed E-state index contributed by atoms with van der Waals surface area (Å²) in [6, 6.07) is 0.711. The molecule has 0 bridgehead atoms. The number of nitrogens with one attached hydrogen (secondary N) is 1. The van der Waals surface area contributed by atoms with E-state index in [0.717, 1.165) is 50.5 Å². The largest absolute Gasteiger partial charge is 0.385 e. The normalized spacial score (nSPS) is 26.4. The summed E-state index contributed by atoms with van der Waals surface area (Å²) in [6.07, 6.45) is 7.55. The van der Waals surface area contributed by atoms with E-state index in [1.165, 1.54) is 32.1 Å². The zero-order valence-electron chi connectivity index (χ0n) is 14.7. The fourth-order valence-electron chi connectivity index (χ4n) is 3.47. The van der Waals surface area contributed by atoms with Crippen LogP contribution < -0.4 is 5.32 Å². The Labute approximate surface area is 132 Å². The minimum atomic E-state index is 0.711. The lowest BCUT2D eigenvalue weighted by molar-refractivity contribution is 0.0751. The molecule has 126 valence electrons. The summed E-state index contributed by atoms with van der Waals surface area (Å²) in [5, 5.41) is 3.77. The summed E-state index contributed by atoms with van der Waals surface area (Å²) < 4.78 is 10.8. The Morgan fingerprint density at radius 1 is 1.14 bits per heavy atom. The molecule has 1 rings (SSSR count). The second-order valence-electron chi connectivity index (χ2n) is 6.89. The molecule has 0 heterocycles. The SMILES string of the molecule is CCCNC1CCC(C(C)C)CC1CCOCCCOC. The first-order valence-corrected chi connectivity index (χ1v) is 8.99. The van der Waals surface area contributed by atoms with E-state index in [4.69, 9.17) is 9.47 Å². The van der Waals surface area contributed by atoms with Crippen molar-refractivity contribution in [2.45, 2.75) is 65.3 Å². The average Bonchev–Trinajstić information content (AvgIpc) is 2.49. The van der Waals surface area contributed by atoms with E-state index in [0.29, 0.717) is 6.04 Å². The van der Waals surface area contributed by atoms with Gasteiger partial charge in [-0.25, -0.2) is 0 Å². The van der Waals surface area contributed by atoms with Gasteiger partial charge in [-0.15, -0.1) is 0 Å². The molecule has 0 spiro atoms. The molecule has 1 saturated carbocycles. The van der Waals surface area contributed by atoms with Gasteiger partial charge in [0.05, 0.1) is 0 Å². The predicted octanol–water partition coefficient (Wildman–Crippen LogP) is 3.87. The summed E-state index contributed by atoms with van der Waals surface area (Å²) in [5.74, 6) is 2.52. The van der Waals surface area contributed by atoms with E-state index in [-0.39, 0.29) is 0 Å². The number of rotatable bonds is 11. The standard InChI is InChI=1S/C18H37NO2/c1-5-10-19-18-8-7-16(15(2)3)14-17(18)9-13-21-12-6-11-20-4/h15-19H,5-14H2,1-4H3. The van der Waals surface area contributed by atoms with Crippen LogP contribution in [-0.2, 0) is 9.47 Å². The topological polar surface area (TPSA) is 30.5 Å². The van der Waals surface area contributed by atoms with Crippen LogP contribution in [0.25, 0.3) is 0 Å². The summed E-state index contributed by atoms with van der Waals surface area (Å²) in [5.41, 5.74) is 0. The van der Waals surface area contributed by atoms with Crippen LogP contribution in [0.2, 0.25) is 0 Å². The van der Waals surface area contributed by atoms with Gasteiger partial charge in [0.25, 0.3) is 0 Å². The van der Waals surface area contributed by atoms with Gasteiger partial charge in [0.15, 0.2) is 0 Å². The summed E-state index contributed by atoms with van der Waals surface area (Å²) in [6.45, 7) is 10.7. The fraction of sp³-hybridized carbons (Fsp3) is 1.00. The molecule has 0 aromatic carbocycles. The summed E-state index contributed by atoms with van der Waals surface area (Å²) in [7, 11) is 1.75. The predicted molar refractivity (Wildman–Crippen MR) is 89.7 cm³/mol. The Balaban J connectivity index is 2.31. The van der Waals surface area contributed by atoms with Crippen LogP contribution in [-0.4, -0.2) is 39.5 Å². The first kappa shape index (κ1) is 18.9. The highest BCUT2D eigenvalue weighted by atomic mass is 16.5. The first-order valence-electron chi connectivity index (χ1n) is 8.99. The number of methoxy groups -OCH3 is 1. The third-order valence-corrected chi connectivity index (χ3v) is 4.89. The van der Waals surface area contributed by atoms with E-state index in [1.807, 2.05) is 0 Å².